The largest absolute Gasteiger partial charge is 0.507 e. The number of hydrogen-bond donors (Lipinski definition) is 1. The van der Waals surface area contributed by atoms with Crippen molar-refractivity contribution in [2.75, 3.05) is 38.2 Å². The van der Waals surface area contributed by atoms with E-state index in [0.717, 1.165) is 29.9 Å². The molecule has 2 rings (SSSR count). The van der Waals surface area contributed by atoms with Crippen LogP contribution in [0.5, 0.6) is 11.5 Å². The highest BCUT2D eigenvalue weighted by atomic mass is 16.5. The molecule has 2 aromatic carbocycles. The first-order valence-corrected chi connectivity index (χ1v) is 11.5. The Bertz CT molecular complexity index is 964. The lowest BCUT2D eigenvalue weighted by Gasteiger charge is -2.31. The number of phenolic OH excluding ortho intramolecular Hbond substituents is 1. The van der Waals surface area contributed by atoms with E-state index in [1.165, 1.54) is 17.0 Å². The number of nitroso groups, excluding NO2 is 1. The molecule has 1 amide bonds. The third-order valence-electron chi connectivity index (χ3n) is 5.87. The van der Waals surface area contributed by atoms with Gasteiger partial charge in [-0.2, -0.15) is 4.91 Å². The highest BCUT2D eigenvalue weighted by Crippen LogP contribution is 2.35. The number of anilines is 1. The molecule has 1 atom stereocenters. The standard InChI is InChI=1S/C26H37N3O4/c1-8-28(7)25(31)20-13-12-19(16-24(20)30)33-17-22(27-32)18-11-14-23(29(9-2)10-3)21(15-18)26(4,5)6/h11-16,22,30H,8-10,17H2,1-7H3. The van der Waals surface area contributed by atoms with Crippen LogP contribution in [0.15, 0.2) is 41.6 Å². The number of phenols is 1. The first kappa shape index (κ1) is 26.2. The van der Waals surface area contributed by atoms with Crippen LogP contribution in [0.4, 0.5) is 5.69 Å². The summed E-state index contributed by atoms with van der Waals surface area (Å²) in [6.45, 7) is 14.9. The predicted octanol–water partition coefficient (Wildman–Crippen LogP) is 5.51. The first-order valence-electron chi connectivity index (χ1n) is 11.5. The third kappa shape index (κ3) is 6.24. The molecule has 0 heterocycles. The van der Waals surface area contributed by atoms with Crippen LogP contribution in [0, 0.1) is 4.91 Å². The van der Waals surface area contributed by atoms with E-state index in [9.17, 15) is 14.8 Å². The molecule has 0 radical (unpaired) electrons. The van der Waals surface area contributed by atoms with E-state index >= 15 is 0 Å². The van der Waals surface area contributed by atoms with Crippen molar-refractivity contribution in [2.45, 2.75) is 53.0 Å². The molecule has 2 aromatic rings. The normalized spacial score (nSPS) is 12.2. The van der Waals surface area contributed by atoms with Crippen molar-refractivity contribution in [3.05, 3.63) is 58.0 Å². The van der Waals surface area contributed by atoms with Gasteiger partial charge in [0.2, 0.25) is 0 Å². The Morgan fingerprint density at radius 3 is 2.24 bits per heavy atom. The summed E-state index contributed by atoms with van der Waals surface area (Å²) in [6, 6.07) is 9.86. The van der Waals surface area contributed by atoms with Crippen LogP contribution in [0.25, 0.3) is 0 Å². The van der Waals surface area contributed by atoms with Gasteiger partial charge in [0.1, 0.15) is 18.1 Å². The van der Waals surface area contributed by atoms with E-state index in [-0.39, 0.29) is 29.2 Å². The van der Waals surface area contributed by atoms with Gasteiger partial charge < -0.3 is 19.6 Å². The number of ether oxygens (including phenoxy) is 1. The summed E-state index contributed by atoms with van der Waals surface area (Å²) in [4.78, 5) is 27.8. The van der Waals surface area contributed by atoms with Crippen LogP contribution >= 0.6 is 0 Å². The molecular formula is C26H37N3O4. The number of aromatic hydroxyl groups is 1. The molecule has 1 N–H and O–H groups in total. The summed E-state index contributed by atoms with van der Waals surface area (Å²) in [5.41, 5.74) is 3.19. The van der Waals surface area contributed by atoms with Crippen molar-refractivity contribution in [3.63, 3.8) is 0 Å². The third-order valence-corrected chi connectivity index (χ3v) is 5.87. The summed E-state index contributed by atoms with van der Waals surface area (Å²) < 4.78 is 5.77. The highest BCUT2D eigenvalue weighted by molar-refractivity contribution is 5.96. The molecule has 0 aliphatic rings. The second-order valence-electron chi connectivity index (χ2n) is 9.13. The van der Waals surface area contributed by atoms with E-state index in [4.69, 9.17) is 4.74 Å². The molecule has 7 heteroatoms. The molecule has 0 spiro atoms. The first-order chi connectivity index (χ1) is 15.6. The van der Waals surface area contributed by atoms with Gasteiger partial charge in [0.15, 0.2) is 6.04 Å². The second kappa shape index (κ2) is 11.2. The molecule has 0 saturated heterocycles. The van der Waals surface area contributed by atoms with Gasteiger partial charge in [-0.05, 0) is 55.5 Å². The number of hydrogen-bond acceptors (Lipinski definition) is 6. The minimum Gasteiger partial charge on any atom is -0.507 e. The number of benzene rings is 2. The Labute approximate surface area is 197 Å². The summed E-state index contributed by atoms with van der Waals surface area (Å²) in [5.74, 6) is -0.0587. The highest BCUT2D eigenvalue weighted by Gasteiger charge is 2.24. The fourth-order valence-corrected chi connectivity index (χ4v) is 3.70. The predicted molar refractivity (Wildman–Crippen MR) is 133 cm³/mol. The number of amides is 1. The zero-order chi connectivity index (χ0) is 24.8. The summed E-state index contributed by atoms with van der Waals surface area (Å²) in [7, 11) is 1.67. The number of nitrogens with zero attached hydrogens (tertiary/aromatic N) is 3. The smallest absolute Gasteiger partial charge is 0.257 e. The van der Waals surface area contributed by atoms with Crippen molar-refractivity contribution in [3.8, 4) is 11.5 Å². The van der Waals surface area contributed by atoms with Crippen LogP contribution in [0.1, 0.15) is 69.1 Å². The summed E-state index contributed by atoms with van der Waals surface area (Å²) >= 11 is 0. The molecule has 0 bridgehead atoms. The molecule has 0 aromatic heterocycles. The van der Waals surface area contributed by atoms with E-state index in [1.807, 2.05) is 19.1 Å². The van der Waals surface area contributed by atoms with Gasteiger partial charge in [-0.15, -0.1) is 0 Å². The summed E-state index contributed by atoms with van der Waals surface area (Å²) in [6.07, 6.45) is 0. The molecule has 33 heavy (non-hydrogen) atoms. The second-order valence-corrected chi connectivity index (χ2v) is 9.13. The quantitative estimate of drug-likeness (QED) is 0.477. The molecule has 0 saturated carbocycles. The fourth-order valence-electron chi connectivity index (χ4n) is 3.70. The molecule has 0 aliphatic carbocycles. The molecule has 0 fully saturated rings. The van der Waals surface area contributed by atoms with E-state index < -0.39 is 6.04 Å². The van der Waals surface area contributed by atoms with E-state index in [2.05, 4.69) is 50.8 Å². The van der Waals surface area contributed by atoms with Gasteiger partial charge in [0, 0.05) is 38.4 Å². The van der Waals surface area contributed by atoms with Gasteiger partial charge in [-0.1, -0.05) is 38.1 Å². The maximum absolute atomic E-state index is 12.3. The summed E-state index contributed by atoms with van der Waals surface area (Å²) in [5, 5.41) is 13.6. The Hall–Kier alpha value is -3.09. The molecular weight excluding hydrogens is 418 g/mol. The van der Waals surface area contributed by atoms with Crippen LogP contribution in [0.2, 0.25) is 0 Å². The van der Waals surface area contributed by atoms with Crippen molar-refractivity contribution in [2.24, 2.45) is 5.18 Å². The molecule has 0 aliphatic heterocycles. The number of carbonyl (C=O) groups excluding carboxylic acids is 1. The number of carbonyl (C=O) groups is 1. The lowest BCUT2D eigenvalue weighted by molar-refractivity contribution is 0.0799. The topological polar surface area (TPSA) is 82.4 Å². The lowest BCUT2D eigenvalue weighted by atomic mass is 9.83. The van der Waals surface area contributed by atoms with Gasteiger partial charge >= 0.3 is 0 Å². The maximum atomic E-state index is 12.3. The molecule has 1 unspecified atom stereocenters. The minimum atomic E-state index is -0.702. The molecule has 180 valence electrons. The van der Waals surface area contributed by atoms with Crippen molar-refractivity contribution >= 4 is 11.6 Å². The monoisotopic (exact) mass is 455 g/mol. The van der Waals surface area contributed by atoms with Gasteiger partial charge in [0.05, 0.1) is 5.56 Å². The Morgan fingerprint density at radius 1 is 1.06 bits per heavy atom. The van der Waals surface area contributed by atoms with Crippen molar-refractivity contribution in [1.82, 2.24) is 4.90 Å². The Morgan fingerprint density at radius 2 is 1.73 bits per heavy atom. The minimum absolute atomic E-state index is 0.0271. The van der Waals surface area contributed by atoms with E-state index in [0.29, 0.717) is 12.3 Å². The van der Waals surface area contributed by atoms with Gasteiger partial charge in [-0.25, -0.2) is 0 Å². The van der Waals surface area contributed by atoms with Gasteiger partial charge in [0.25, 0.3) is 5.91 Å². The van der Waals surface area contributed by atoms with Crippen LogP contribution < -0.4 is 9.64 Å². The van der Waals surface area contributed by atoms with Gasteiger partial charge in [-0.3, -0.25) is 4.79 Å². The van der Waals surface area contributed by atoms with Crippen LogP contribution in [-0.4, -0.2) is 49.2 Å². The average molecular weight is 456 g/mol. The van der Waals surface area contributed by atoms with Crippen LogP contribution in [-0.2, 0) is 5.41 Å². The maximum Gasteiger partial charge on any atom is 0.257 e. The van der Waals surface area contributed by atoms with Crippen LogP contribution in [0.3, 0.4) is 0 Å². The Kier molecular flexibility index (Phi) is 8.85. The molecule has 7 nitrogen and oxygen atoms in total. The van der Waals surface area contributed by atoms with E-state index in [1.54, 1.807) is 13.1 Å². The lowest BCUT2D eigenvalue weighted by Crippen LogP contribution is -2.26. The fraction of sp³-hybridized carbons (Fsp3) is 0.500. The zero-order valence-electron chi connectivity index (χ0n) is 20.9. The van der Waals surface area contributed by atoms with Crippen molar-refractivity contribution < 1.29 is 14.6 Å². The number of rotatable bonds is 10. The Balaban J connectivity index is 2.25. The SMILES string of the molecule is CCN(C)C(=O)c1ccc(OCC(N=O)c2ccc(N(CC)CC)c(C(C)(C)C)c2)cc1O. The zero-order valence-corrected chi connectivity index (χ0v) is 20.9. The van der Waals surface area contributed by atoms with Crippen molar-refractivity contribution in [1.29, 1.82) is 0 Å². The average Bonchev–Trinajstić information content (AvgIpc) is 2.79.